The Morgan fingerprint density at radius 1 is 0.333 bits per heavy atom. The average Bonchev–Trinajstić information content (AvgIpc) is 3.88. The van der Waals surface area contributed by atoms with Crippen LogP contribution in [0.15, 0.2) is 212 Å². The van der Waals surface area contributed by atoms with Gasteiger partial charge in [0.25, 0.3) is 0 Å². The van der Waals surface area contributed by atoms with Gasteiger partial charge in [0.05, 0.1) is 0 Å². The van der Waals surface area contributed by atoms with Gasteiger partial charge in [-0.05, 0) is 95.4 Å². The molecule has 3 nitrogen and oxygen atoms in total. The van der Waals surface area contributed by atoms with Gasteiger partial charge in [-0.15, -0.1) is 11.3 Å². The highest BCUT2D eigenvalue weighted by atomic mass is 32.1. The quantitative estimate of drug-likeness (QED) is 0.167. The van der Waals surface area contributed by atoms with Crippen LogP contribution in [0.3, 0.4) is 0 Å². The second kappa shape index (κ2) is 15.0. The lowest BCUT2D eigenvalue weighted by Gasteiger charge is -2.21. The molecule has 4 heteroatoms. The molecule has 0 spiro atoms. The Bertz CT molecular complexity index is 3880. The third-order valence-electron chi connectivity index (χ3n) is 13.8. The largest absolute Gasteiger partial charge is 0.208 e. The molecule has 0 unspecified atom stereocenters. The van der Waals surface area contributed by atoms with Crippen molar-refractivity contribution in [2.45, 2.75) is 19.3 Å². The molecule has 0 atom stereocenters. The van der Waals surface area contributed by atoms with Crippen LogP contribution >= 0.6 is 11.3 Å². The second-order valence-electron chi connectivity index (χ2n) is 17.9. The second-order valence-corrected chi connectivity index (χ2v) is 19.0. The molecule has 13 rings (SSSR count). The predicted molar refractivity (Wildman–Crippen MR) is 278 cm³/mol. The standard InChI is InChI=1S/C62H41N3S/c1-62(2)54-22-11-10-18-49(54)52-36-46(33-34-55(52)62)47-20-12-21-51-57-50-19-9-8-17-48(50)53(37-56(57)66-58(47)51)61-64-59(42-28-23-40(24-29-42)38-13-4-3-5-14-38)63-60(65-61)43-30-25-41(26-31-43)45-32-27-39-15-6-7-16-44(39)35-45/h3-37H,1-2H3. The van der Waals surface area contributed by atoms with Crippen molar-refractivity contribution >= 4 is 53.1 Å². The highest BCUT2D eigenvalue weighted by Crippen LogP contribution is 2.51. The minimum Gasteiger partial charge on any atom is -0.208 e. The summed E-state index contributed by atoms with van der Waals surface area (Å²) in [4.78, 5) is 15.8. The van der Waals surface area contributed by atoms with E-state index in [1.165, 1.54) is 80.8 Å². The van der Waals surface area contributed by atoms with Gasteiger partial charge >= 0.3 is 0 Å². The van der Waals surface area contributed by atoms with Crippen LogP contribution in [-0.4, -0.2) is 15.0 Å². The van der Waals surface area contributed by atoms with E-state index < -0.39 is 0 Å². The first kappa shape index (κ1) is 38.4. The van der Waals surface area contributed by atoms with Crippen LogP contribution in [0.2, 0.25) is 0 Å². The molecule has 0 amide bonds. The van der Waals surface area contributed by atoms with E-state index in [4.69, 9.17) is 15.0 Å². The van der Waals surface area contributed by atoms with Crippen molar-refractivity contribution in [3.63, 3.8) is 0 Å². The predicted octanol–water partition coefficient (Wildman–Crippen LogP) is 16.9. The summed E-state index contributed by atoms with van der Waals surface area (Å²) in [7, 11) is 0. The first-order chi connectivity index (χ1) is 32.4. The van der Waals surface area contributed by atoms with Gasteiger partial charge < -0.3 is 0 Å². The van der Waals surface area contributed by atoms with Gasteiger partial charge in [-0.25, -0.2) is 15.0 Å². The van der Waals surface area contributed by atoms with E-state index in [-0.39, 0.29) is 5.41 Å². The number of hydrogen-bond acceptors (Lipinski definition) is 4. The molecule has 0 saturated heterocycles. The molecule has 0 fully saturated rings. The number of nitrogens with zero attached hydrogens (tertiary/aromatic N) is 3. The van der Waals surface area contributed by atoms with E-state index >= 15 is 0 Å². The number of benzene rings is 10. The summed E-state index contributed by atoms with van der Waals surface area (Å²) in [6, 6.07) is 76.6. The molecule has 0 radical (unpaired) electrons. The van der Waals surface area contributed by atoms with Crippen molar-refractivity contribution in [3.8, 4) is 78.7 Å². The Morgan fingerprint density at radius 3 is 1.65 bits per heavy atom. The smallest absolute Gasteiger partial charge is 0.164 e. The maximum Gasteiger partial charge on any atom is 0.164 e. The van der Waals surface area contributed by atoms with Crippen LogP contribution < -0.4 is 0 Å². The zero-order chi connectivity index (χ0) is 43.9. The molecule has 0 saturated carbocycles. The molecule has 10 aromatic carbocycles. The number of aromatic nitrogens is 3. The lowest BCUT2D eigenvalue weighted by atomic mass is 9.82. The fourth-order valence-corrected chi connectivity index (χ4v) is 11.6. The zero-order valence-corrected chi connectivity index (χ0v) is 37.3. The summed E-state index contributed by atoms with van der Waals surface area (Å²) in [5, 5.41) is 7.28. The molecule has 1 aliphatic carbocycles. The first-order valence-electron chi connectivity index (χ1n) is 22.6. The van der Waals surface area contributed by atoms with Crippen molar-refractivity contribution in [2.24, 2.45) is 0 Å². The lowest BCUT2D eigenvalue weighted by Crippen LogP contribution is -2.14. The van der Waals surface area contributed by atoms with Crippen molar-refractivity contribution in [1.29, 1.82) is 0 Å². The summed E-state index contributed by atoms with van der Waals surface area (Å²) in [5.41, 5.74) is 15.4. The van der Waals surface area contributed by atoms with E-state index in [2.05, 4.69) is 220 Å². The van der Waals surface area contributed by atoms with Crippen molar-refractivity contribution in [1.82, 2.24) is 15.0 Å². The highest BCUT2D eigenvalue weighted by Gasteiger charge is 2.35. The minimum absolute atomic E-state index is 0.0366. The summed E-state index contributed by atoms with van der Waals surface area (Å²) in [6.45, 7) is 4.69. The number of hydrogen-bond donors (Lipinski definition) is 0. The van der Waals surface area contributed by atoms with Gasteiger partial charge in [0, 0.05) is 42.3 Å². The van der Waals surface area contributed by atoms with E-state index in [1.54, 1.807) is 0 Å². The Kier molecular flexibility index (Phi) is 8.74. The minimum atomic E-state index is -0.0366. The lowest BCUT2D eigenvalue weighted by molar-refractivity contribution is 0.660. The fourth-order valence-electron chi connectivity index (χ4n) is 10.3. The zero-order valence-electron chi connectivity index (χ0n) is 36.5. The van der Waals surface area contributed by atoms with Gasteiger partial charge in [0.2, 0.25) is 0 Å². The van der Waals surface area contributed by atoms with Gasteiger partial charge in [-0.1, -0.05) is 208 Å². The summed E-state index contributed by atoms with van der Waals surface area (Å²) < 4.78 is 2.48. The van der Waals surface area contributed by atoms with Crippen LogP contribution in [0.4, 0.5) is 0 Å². The monoisotopic (exact) mass is 859 g/mol. The molecule has 2 heterocycles. The molecule has 310 valence electrons. The molecular weight excluding hydrogens is 819 g/mol. The Labute approximate surface area is 387 Å². The Morgan fingerprint density at radius 2 is 0.879 bits per heavy atom. The third-order valence-corrected chi connectivity index (χ3v) is 14.9. The Balaban J connectivity index is 0.969. The fraction of sp³-hybridized carbons (Fsp3) is 0.0484. The van der Waals surface area contributed by atoms with Crippen LogP contribution in [-0.2, 0) is 5.41 Å². The normalized spacial score (nSPS) is 12.8. The number of thiophene rings is 1. The van der Waals surface area contributed by atoms with Crippen LogP contribution in [0.1, 0.15) is 25.0 Å². The molecule has 0 N–H and O–H groups in total. The SMILES string of the molecule is CC1(C)c2ccccc2-c2cc(-c3cccc4c3sc3cc(-c5nc(-c6ccc(-c7ccccc7)cc6)nc(-c6ccc(-c7ccc8ccccc8c7)cc6)n5)c5ccccc5c34)ccc21. The van der Waals surface area contributed by atoms with Gasteiger partial charge in [0.15, 0.2) is 17.5 Å². The number of fused-ring (bicyclic) bond motifs is 9. The highest BCUT2D eigenvalue weighted by molar-refractivity contribution is 7.26. The van der Waals surface area contributed by atoms with Gasteiger partial charge in [-0.3, -0.25) is 0 Å². The van der Waals surface area contributed by atoms with Gasteiger partial charge in [-0.2, -0.15) is 0 Å². The van der Waals surface area contributed by atoms with Crippen LogP contribution in [0, 0.1) is 0 Å². The van der Waals surface area contributed by atoms with Crippen LogP contribution in [0.25, 0.3) is 120 Å². The molecular formula is C62H41N3S. The maximum absolute atomic E-state index is 5.33. The molecule has 66 heavy (non-hydrogen) atoms. The van der Waals surface area contributed by atoms with Crippen molar-refractivity contribution in [2.75, 3.05) is 0 Å². The van der Waals surface area contributed by atoms with E-state index in [1.807, 2.05) is 17.4 Å². The summed E-state index contributed by atoms with van der Waals surface area (Å²) in [6.07, 6.45) is 0. The van der Waals surface area contributed by atoms with E-state index in [9.17, 15) is 0 Å². The summed E-state index contributed by atoms with van der Waals surface area (Å²) in [5.74, 6) is 1.92. The van der Waals surface area contributed by atoms with Gasteiger partial charge in [0.1, 0.15) is 0 Å². The maximum atomic E-state index is 5.33. The molecule has 12 aromatic rings. The number of rotatable bonds is 6. The van der Waals surface area contributed by atoms with E-state index in [0.29, 0.717) is 17.5 Å². The molecule has 0 aliphatic heterocycles. The average molecular weight is 860 g/mol. The molecule has 2 aromatic heterocycles. The van der Waals surface area contributed by atoms with E-state index in [0.717, 1.165) is 33.2 Å². The van der Waals surface area contributed by atoms with Crippen LogP contribution in [0.5, 0.6) is 0 Å². The first-order valence-corrected chi connectivity index (χ1v) is 23.4. The Hall–Kier alpha value is -8.05. The topological polar surface area (TPSA) is 38.7 Å². The van der Waals surface area contributed by atoms with Crippen molar-refractivity contribution < 1.29 is 0 Å². The summed E-state index contributed by atoms with van der Waals surface area (Å²) >= 11 is 1.86. The third kappa shape index (κ3) is 6.21. The molecule has 1 aliphatic rings. The van der Waals surface area contributed by atoms with Crippen molar-refractivity contribution in [3.05, 3.63) is 223 Å². The molecule has 0 bridgehead atoms.